The Hall–Kier alpha value is -3.77. The highest BCUT2D eigenvalue weighted by Crippen LogP contribution is 2.38. The number of anilines is 2. The predicted octanol–water partition coefficient (Wildman–Crippen LogP) is 6.83. The molecule has 1 aliphatic heterocycles. The predicted molar refractivity (Wildman–Crippen MR) is 155 cm³/mol. The van der Waals surface area contributed by atoms with Crippen LogP contribution in [0.4, 0.5) is 15.7 Å². The number of pyridine rings is 3. The van der Waals surface area contributed by atoms with Gasteiger partial charge in [-0.05, 0) is 64.8 Å². The molecular formula is C28H31N7O3S2. The maximum absolute atomic E-state index is 12.4. The molecule has 1 amide bonds. The number of carbonyl (C=O) groups is 1. The highest BCUT2D eigenvalue weighted by atomic mass is 32.2. The van der Waals surface area contributed by atoms with Crippen molar-refractivity contribution in [2.24, 2.45) is 0 Å². The van der Waals surface area contributed by atoms with Crippen LogP contribution in [0, 0.1) is 6.92 Å². The number of rotatable bonds is 7. The van der Waals surface area contributed by atoms with Crippen molar-refractivity contribution < 1.29 is 14.3 Å². The van der Waals surface area contributed by atoms with E-state index in [1.165, 1.54) is 23.3 Å². The molecular weight excluding hydrogens is 546 g/mol. The molecule has 1 fully saturated rings. The summed E-state index contributed by atoms with van der Waals surface area (Å²) in [5, 5.41) is 4.76. The topological polar surface area (TPSA) is 115 Å². The summed E-state index contributed by atoms with van der Waals surface area (Å²) < 4.78 is 16.4. The van der Waals surface area contributed by atoms with Crippen molar-refractivity contribution >= 4 is 40.3 Å². The molecule has 4 aromatic rings. The number of hydrogen-bond acceptors (Lipinski definition) is 11. The van der Waals surface area contributed by atoms with Gasteiger partial charge in [0.1, 0.15) is 33.8 Å². The minimum Gasteiger partial charge on any atom is -0.454 e. The number of amides is 1. The molecule has 0 saturated carbocycles. The molecule has 0 aliphatic carbocycles. The zero-order valence-electron chi connectivity index (χ0n) is 22.8. The van der Waals surface area contributed by atoms with Crippen LogP contribution in [0.25, 0.3) is 0 Å². The number of carbonyl (C=O) groups excluding carboxylic acids is 1. The second kappa shape index (κ2) is 12.2. The summed E-state index contributed by atoms with van der Waals surface area (Å²) in [5.74, 6) is 2.84. The Morgan fingerprint density at radius 2 is 1.88 bits per heavy atom. The third-order valence-corrected chi connectivity index (χ3v) is 7.67. The molecule has 10 nitrogen and oxygen atoms in total. The largest absolute Gasteiger partial charge is 0.454 e. The molecule has 1 saturated heterocycles. The normalized spacial score (nSPS) is 14.2. The Bertz CT molecular complexity index is 1450. The molecule has 1 N–H and O–H groups in total. The lowest BCUT2D eigenvalue weighted by molar-refractivity contribution is 0.0203. The first-order valence-electron chi connectivity index (χ1n) is 13.0. The van der Waals surface area contributed by atoms with Gasteiger partial charge in [0.05, 0.1) is 10.6 Å². The first kappa shape index (κ1) is 27.8. The van der Waals surface area contributed by atoms with Gasteiger partial charge < -0.3 is 19.7 Å². The van der Waals surface area contributed by atoms with Gasteiger partial charge in [-0.3, -0.25) is 4.98 Å². The lowest BCUT2D eigenvalue weighted by atomic mass is 9.96. The fourth-order valence-electron chi connectivity index (χ4n) is 4.07. The summed E-state index contributed by atoms with van der Waals surface area (Å²) in [6.07, 6.45) is 6.56. The van der Waals surface area contributed by atoms with Gasteiger partial charge in [-0.2, -0.15) is 4.37 Å². The number of aryl methyl sites for hydroxylation is 1. The van der Waals surface area contributed by atoms with E-state index in [1.807, 2.05) is 64.1 Å². The van der Waals surface area contributed by atoms with Crippen LogP contribution in [-0.4, -0.2) is 54.0 Å². The van der Waals surface area contributed by atoms with E-state index in [0.717, 1.165) is 34.3 Å². The average Bonchev–Trinajstić information content (AvgIpc) is 3.39. The Kier molecular flexibility index (Phi) is 8.46. The maximum Gasteiger partial charge on any atom is 0.410 e. The van der Waals surface area contributed by atoms with Crippen LogP contribution < -0.4 is 10.1 Å². The van der Waals surface area contributed by atoms with Crippen molar-refractivity contribution in [2.75, 3.05) is 18.4 Å². The minimum atomic E-state index is -0.504. The van der Waals surface area contributed by atoms with E-state index in [-0.39, 0.29) is 12.0 Å². The number of piperidine rings is 1. The zero-order valence-corrected chi connectivity index (χ0v) is 24.5. The van der Waals surface area contributed by atoms with Gasteiger partial charge in [-0.1, -0.05) is 17.8 Å². The summed E-state index contributed by atoms with van der Waals surface area (Å²) in [4.78, 5) is 33.1. The van der Waals surface area contributed by atoms with E-state index >= 15 is 0 Å². The molecule has 5 heterocycles. The third kappa shape index (κ3) is 7.24. The van der Waals surface area contributed by atoms with E-state index in [2.05, 4.69) is 24.6 Å². The molecule has 0 unspecified atom stereocenters. The first-order chi connectivity index (χ1) is 19.2. The second-order valence-corrected chi connectivity index (χ2v) is 12.1. The highest BCUT2D eigenvalue weighted by molar-refractivity contribution is 7.99. The Balaban J connectivity index is 1.28. The van der Waals surface area contributed by atoms with Crippen LogP contribution in [0.15, 0.2) is 64.9 Å². The molecule has 208 valence electrons. The molecule has 40 heavy (non-hydrogen) atoms. The highest BCUT2D eigenvalue weighted by Gasteiger charge is 2.29. The van der Waals surface area contributed by atoms with Crippen LogP contribution >= 0.6 is 23.3 Å². The zero-order chi connectivity index (χ0) is 28.1. The Morgan fingerprint density at radius 3 is 2.60 bits per heavy atom. The molecule has 5 rings (SSSR count). The van der Waals surface area contributed by atoms with Crippen LogP contribution in [0.2, 0.25) is 0 Å². The summed E-state index contributed by atoms with van der Waals surface area (Å²) in [5.41, 5.74) is 0.282. The monoisotopic (exact) mass is 577 g/mol. The number of nitrogens with one attached hydrogen (secondary N) is 1. The van der Waals surface area contributed by atoms with E-state index in [4.69, 9.17) is 14.5 Å². The fraction of sp³-hybridized carbons (Fsp3) is 0.357. The van der Waals surface area contributed by atoms with E-state index < -0.39 is 5.60 Å². The lowest BCUT2D eigenvalue weighted by Crippen LogP contribution is -2.41. The minimum absolute atomic E-state index is 0.183. The van der Waals surface area contributed by atoms with Crippen LogP contribution in [0.3, 0.4) is 0 Å². The second-order valence-electron chi connectivity index (χ2n) is 10.3. The number of ether oxygens (including phenoxy) is 2. The van der Waals surface area contributed by atoms with E-state index in [1.54, 1.807) is 23.5 Å². The summed E-state index contributed by atoms with van der Waals surface area (Å²) in [6.45, 7) is 8.77. The molecule has 0 spiro atoms. The number of hydrogen-bond donors (Lipinski definition) is 1. The third-order valence-electron chi connectivity index (χ3n) is 6.05. The molecule has 4 aromatic heterocycles. The number of nitrogens with zero attached hydrogens (tertiary/aromatic N) is 6. The van der Waals surface area contributed by atoms with Gasteiger partial charge in [-0.25, -0.2) is 19.7 Å². The van der Waals surface area contributed by atoms with Gasteiger partial charge in [0.15, 0.2) is 0 Å². The standard InChI is InChI=1S/C28H31N7O3S2/c1-18-20(8-7-13-29-18)37-21-16-23(31-17-22(21)39-24-9-5-6-12-30-24)32-26-33-25(34-40-26)19-10-14-35(15-11-19)27(36)38-28(2,3)4/h5-9,12-13,16-17,19H,10-11,14-15H2,1-4H3,(H,31,32,33,34). The summed E-state index contributed by atoms with van der Waals surface area (Å²) >= 11 is 2.76. The van der Waals surface area contributed by atoms with Crippen molar-refractivity contribution in [3.05, 3.63) is 66.5 Å². The molecule has 0 radical (unpaired) electrons. The quantitative estimate of drug-likeness (QED) is 0.250. The molecule has 12 heteroatoms. The van der Waals surface area contributed by atoms with Crippen molar-refractivity contribution in [3.63, 3.8) is 0 Å². The maximum atomic E-state index is 12.4. The summed E-state index contributed by atoms with van der Waals surface area (Å²) in [7, 11) is 0. The SMILES string of the molecule is Cc1ncccc1Oc1cc(Nc2nc(C3CCN(C(=O)OC(C)(C)C)CC3)ns2)ncc1Sc1ccccn1. The van der Waals surface area contributed by atoms with Crippen LogP contribution in [0.1, 0.15) is 51.0 Å². The number of likely N-dealkylation sites (tertiary alicyclic amines) is 1. The fourth-order valence-corrected chi connectivity index (χ4v) is 5.52. The average molecular weight is 578 g/mol. The van der Waals surface area contributed by atoms with Gasteiger partial charge in [0.2, 0.25) is 5.13 Å². The van der Waals surface area contributed by atoms with Crippen molar-refractivity contribution in [1.82, 2.24) is 29.2 Å². The van der Waals surface area contributed by atoms with E-state index in [9.17, 15) is 4.79 Å². The van der Waals surface area contributed by atoms with Crippen LogP contribution in [-0.2, 0) is 4.74 Å². The Labute approximate surface area is 241 Å². The van der Waals surface area contributed by atoms with Gasteiger partial charge in [0, 0.05) is 55.2 Å². The van der Waals surface area contributed by atoms with Gasteiger partial charge >= 0.3 is 6.09 Å². The van der Waals surface area contributed by atoms with Crippen molar-refractivity contribution in [3.8, 4) is 11.5 Å². The van der Waals surface area contributed by atoms with Crippen LogP contribution in [0.5, 0.6) is 11.5 Å². The lowest BCUT2D eigenvalue weighted by Gasteiger charge is -2.32. The van der Waals surface area contributed by atoms with E-state index in [0.29, 0.717) is 35.5 Å². The first-order valence-corrected chi connectivity index (χ1v) is 14.6. The summed E-state index contributed by atoms with van der Waals surface area (Å²) in [6, 6.07) is 11.3. The number of aromatic nitrogens is 5. The van der Waals surface area contributed by atoms with Crippen molar-refractivity contribution in [1.29, 1.82) is 0 Å². The smallest absolute Gasteiger partial charge is 0.410 e. The molecule has 0 atom stereocenters. The Morgan fingerprint density at radius 1 is 1.07 bits per heavy atom. The van der Waals surface area contributed by atoms with Gasteiger partial charge in [-0.15, -0.1) is 0 Å². The van der Waals surface area contributed by atoms with Crippen molar-refractivity contribution in [2.45, 2.75) is 62.0 Å². The molecule has 1 aliphatic rings. The van der Waals surface area contributed by atoms with Gasteiger partial charge in [0.25, 0.3) is 0 Å². The molecule has 0 aromatic carbocycles. The molecule has 0 bridgehead atoms.